The number of piperazine rings is 1. The van der Waals surface area contributed by atoms with Crippen molar-refractivity contribution in [1.29, 1.82) is 0 Å². The van der Waals surface area contributed by atoms with Gasteiger partial charge in [0.25, 0.3) is 0 Å². The monoisotopic (exact) mass is 471 g/mol. The zero-order valence-electron chi connectivity index (χ0n) is 16.2. The van der Waals surface area contributed by atoms with Crippen LogP contribution in [-0.2, 0) is 6.54 Å². The van der Waals surface area contributed by atoms with Gasteiger partial charge < -0.3 is 10.6 Å². The van der Waals surface area contributed by atoms with Crippen LogP contribution >= 0.6 is 24.0 Å². The standard InChI is InChI=1S/C20H33N5.HI/c1-3-21-20(23-19-15-17(19)2)22-9-10-24-11-13-25(14-12-24)16-18-7-5-4-6-8-18;/h4-8,17,19H,3,9-16H2,1-2H3,(H2,21,22,23);1H. The van der Waals surface area contributed by atoms with Crippen LogP contribution in [0.15, 0.2) is 35.3 Å². The van der Waals surface area contributed by atoms with E-state index in [2.05, 4.69) is 64.6 Å². The highest BCUT2D eigenvalue weighted by Crippen LogP contribution is 2.28. The molecule has 1 aliphatic carbocycles. The summed E-state index contributed by atoms with van der Waals surface area (Å²) in [6.45, 7) is 12.9. The van der Waals surface area contributed by atoms with Gasteiger partial charge in [0, 0.05) is 51.9 Å². The fraction of sp³-hybridized carbons (Fsp3) is 0.650. The molecular formula is C20H34IN5. The summed E-state index contributed by atoms with van der Waals surface area (Å²) in [5.41, 5.74) is 1.41. The molecule has 2 aliphatic rings. The van der Waals surface area contributed by atoms with E-state index in [9.17, 15) is 0 Å². The molecule has 0 aromatic heterocycles. The third kappa shape index (κ3) is 7.04. The summed E-state index contributed by atoms with van der Waals surface area (Å²) >= 11 is 0. The zero-order chi connectivity index (χ0) is 17.5. The molecule has 2 unspecified atom stereocenters. The average Bonchev–Trinajstić information content (AvgIpc) is 3.32. The van der Waals surface area contributed by atoms with Crippen molar-refractivity contribution in [3.05, 3.63) is 35.9 Å². The largest absolute Gasteiger partial charge is 0.357 e. The SMILES string of the molecule is CCNC(=NCCN1CCN(Cc2ccccc2)CC1)NC1CC1C.I. The minimum Gasteiger partial charge on any atom is -0.357 e. The summed E-state index contributed by atoms with van der Waals surface area (Å²) in [7, 11) is 0. The number of guanidine groups is 1. The summed E-state index contributed by atoms with van der Waals surface area (Å²) in [5.74, 6) is 1.78. The first-order chi connectivity index (χ1) is 12.2. The van der Waals surface area contributed by atoms with Crippen LogP contribution in [0.5, 0.6) is 0 Å². The molecule has 0 amide bonds. The van der Waals surface area contributed by atoms with E-state index < -0.39 is 0 Å². The number of benzene rings is 1. The molecule has 0 spiro atoms. The quantitative estimate of drug-likeness (QED) is 0.364. The maximum Gasteiger partial charge on any atom is 0.191 e. The molecule has 1 heterocycles. The lowest BCUT2D eigenvalue weighted by Gasteiger charge is -2.34. The normalized spacial score (nSPS) is 24.0. The summed E-state index contributed by atoms with van der Waals surface area (Å²) in [5, 5.41) is 6.88. The Kier molecular flexibility index (Phi) is 9.15. The maximum atomic E-state index is 4.75. The fourth-order valence-corrected chi connectivity index (χ4v) is 3.33. The maximum absolute atomic E-state index is 4.75. The van der Waals surface area contributed by atoms with Gasteiger partial charge in [0.05, 0.1) is 6.54 Å². The van der Waals surface area contributed by atoms with E-state index in [0.717, 1.165) is 64.2 Å². The van der Waals surface area contributed by atoms with Crippen molar-refractivity contribution in [2.24, 2.45) is 10.9 Å². The van der Waals surface area contributed by atoms with Crippen molar-refractivity contribution in [2.75, 3.05) is 45.8 Å². The van der Waals surface area contributed by atoms with Gasteiger partial charge >= 0.3 is 0 Å². The first kappa shape index (κ1) is 21.4. The van der Waals surface area contributed by atoms with Crippen molar-refractivity contribution >= 4 is 29.9 Å². The van der Waals surface area contributed by atoms with E-state index in [0.29, 0.717) is 6.04 Å². The van der Waals surface area contributed by atoms with E-state index in [4.69, 9.17) is 4.99 Å². The second kappa shape index (κ2) is 11.1. The fourth-order valence-electron chi connectivity index (χ4n) is 3.33. The van der Waals surface area contributed by atoms with Crippen molar-refractivity contribution in [1.82, 2.24) is 20.4 Å². The Labute approximate surface area is 175 Å². The van der Waals surface area contributed by atoms with Gasteiger partial charge in [0.2, 0.25) is 0 Å². The number of aliphatic imine (C=N–C) groups is 1. The highest BCUT2D eigenvalue weighted by molar-refractivity contribution is 14.0. The molecule has 26 heavy (non-hydrogen) atoms. The van der Waals surface area contributed by atoms with E-state index in [-0.39, 0.29) is 24.0 Å². The second-order valence-corrected chi connectivity index (χ2v) is 7.33. The van der Waals surface area contributed by atoms with Crippen molar-refractivity contribution < 1.29 is 0 Å². The lowest BCUT2D eigenvalue weighted by atomic mass is 10.2. The minimum atomic E-state index is 0. The minimum absolute atomic E-state index is 0. The molecule has 2 N–H and O–H groups in total. The van der Waals surface area contributed by atoms with Crippen LogP contribution in [0, 0.1) is 5.92 Å². The lowest BCUT2D eigenvalue weighted by molar-refractivity contribution is 0.130. The molecule has 0 bridgehead atoms. The molecule has 2 atom stereocenters. The number of rotatable bonds is 7. The molecule has 1 saturated heterocycles. The number of halogens is 1. The van der Waals surface area contributed by atoms with Crippen LogP contribution in [0.3, 0.4) is 0 Å². The van der Waals surface area contributed by atoms with E-state index in [1.807, 2.05) is 0 Å². The molecule has 1 saturated carbocycles. The van der Waals surface area contributed by atoms with Gasteiger partial charge in [0.15, 0.2) is 5.96 Å². The molecule has 1 aromatic carbocycles. The highest BCUT2D eigenvalue weighted by Gasteiger charge is 2.33. The Morgan fingerprint density at radius 3 is 2.38 bits per heavy atom. The Bertz CT molecular complexity index is 542. The van der Waals surface area contributed by atoms with Gasteiger partial charge in [-0.2, -0.15) is 0 Å². The Balaban J connectivity index is 0.00000243. The van der Waals surface area contributed by atoms with Gasteiger partial charge in [0.1, 0.15) is 0 Å². The molecule has 1 aliphatic heterocycles. The predicted octanol–water partition coefficient (Wildman–Crippen LogP) is 2.39. The van der Waals surface area contributed by atoms with E-state index in [1.165, 1.54) is 12.0 Å². The van der Waals surface area contributed by atoms with Crippen LogP contribution in [0.2, 0.25) is 0 Å². The van der Waals surface area contributed by atoms with Gasteiger partial charge in [-0.3, -0.25) is 14.8 Å². The second-order valence-electron chi connectivity index (χ2n) is 7.33. The van der Waals surface area contributed by atoms with Crippen molar-refractivity contribution in [3.63, 3.8) is 0 Å². The summed E-state index contributed by atoms with van der Waals surface area (Å²) in [6.07, 6.45) is 1.27. The Morgan fingerprint density at radius 1 is 1.12 bits per heavy atom. The van der Waals surface area contributed by atoms with Gasteiger partial charge in [-0.25, -0.2) is 0 Å². The molecular weight excluding hydrogens is 437 g/mol. The van der Waals surface area contributed by atoms with Crippen LogP contribution in [0.4, 0.5) is 0 Å². The Hall–Kier alpha value is -0.860. The molecule has 5 nitrogen and oxygen atoms in total. The van der Waals surface area contributed by atoms with Gasteiger partial charge in [-0.1, -0.05) is 37.3 Å². The number of hydrogen-bond acceptors (Lipinski definition) is 3. The first-order valence-electron chi connectivity index (χ1n) is 9.78. The van der Waals surface area contributed by atoms with Crippen LogP contribution in [-0.4, -0.2) is 67.6 Å². The molecule has 6 heteroatoms. The highest BCUT2D eigenvalue weighted by atomic mass is 127. The number of hydrogen-bond donors (Lipinski definition) is 2. The van der Waals surface area contributed by atoms with Gasteiger partial charge in [-0.05, 0) is 24.8 Å². The van der Waals surface area contributed by atoms with Crippen molar-refractivity contribution in [2.45, 2.75) is 32.9 Å². The van der Waals surface area contributed by atoms with Crippen molar-refractivity contribution in [3.8, 4) is 0 Å². The molecule has 146 valence electrons. The molecule has 2 fully saturated rings. The number of nitrogens with one attached hydrogen (secondary N) is 2. The van der Waals surface area contributed by atoms with Crippen LogP contribution < -0.4 is 10.6 Å². The topological polar surface area (TPSA) is 42.9 Å². The third-order valence-electron chi connectivity index (χ3n) is 5.18. The Morgan fingerprint density at radius 2 is 1.77 bits per heavy atom. The first-order valence-corrected chi connectivity index (χ1v) is 9.78. The summed E-state index contributed by atoms with van der Waals surface area (Å²) in [4.78, 5) is 9.83. The van der Waals surface area contributed by atoms with E-state index >= 15 is 0 Å². The van der Waals surface area contributed by atoms with Crippen LogP contribution in [0.25, 0.3) is 0 Å². The third-order valence-corrected chi connectivity index (χ3v) is 5.18. The van der Waals surface area contributed by atoms with Crippen LogP contribution in [0.1, 0.15) is 25.8 Å². The predicted molar refractivity (Wildman–Crippen MR) is 120 cm³/mol. The lowest BCUT2D eigenvalue weighted by Crippen LogP contribution is -2.46. The van der Waals surface area contributed by atoms with Gasteiger partial charge in [-0.15, -0.1) is 24.0 Å². The summed E-state index contributed by atoms with van der Waals surface area (Å²) < 4.78 is 0. The smallest absolute Gasteiger partial charge is 0.191 e. The molecule has 0 radical (unpaired) electrons. The number of nitrogens with zero attached hydrogens (tertiary/aromatic N) is 3. The summed E-state index contributed by atoms with van der Waals surface area (Å²) in [6, 6.07) is 11.4. The molecule has 1 aromatic rings. The molecule has 3 rings (SSSR count). The zero-order valence-corrected chi connectivity index (χ0v) is 18.5. The van der Waals surface area contributed by atoms with E-state index in [1.54, 1.807) is 0 Å². The average molecular weight is 471 g/mol.